The molecule has 0 aliphatic heterocycles. The average molecular weight is 145 g/mol. The van der Waals surface area contributed by atoms with Gasteiger partial charge in [0, 0.05) is 0 Å². The van der Waals surface area contributed by atoms with Crippen molar-refractivity contribution in [3.63, 3.8) is 0 Å². The third-order valence-corrected chi connectivity index (χ3v) is 0.976. The summed E-state index contributed by atoms with van der Waals surface area (Å²) in [5, 5.41) is 8.77. The minimum atomic E-state index is -0.347. The van der Waals surface area contributed by atoms with Gasteiger partial charge in [0.05, 0.1) is 0 Å². The topological polar surface area (TPSA) is 37.3 Å². The van der Waals surface area contributed by atoms with Crippen molar-refractivity contribution < 1.29 is 34.7 Å². The zero-order chi connectivity index (χ0) is 6.69. The van der Waals surface area contributed by atoms with E-state index >= 15 is 0 Å². The smallest absolute Gasteiger partial charge is 0.504 e. The summed E-state index contributed by atoms with van der Waals surface area (Å²) in [4.78, 5) is 10.6. The van der Waals surface area contributed by atoms with Crippen molar-refractivity contribution in [2.75, 3.05) is 0 Å². The Bertz CT molecular complexity index is 259. The molecule has 0 radical (unpaired) electrons. The maximum atomic E-state index is 10.6. The maximum absolute atomic E-state index is 10.6. The molecule has 0 amide bonds. The van der Waals surface area contributed by atoms with Crippen molar-refractivity contribution >= 4 is 0 Å². The summed E-state index contributed by atoms with van der Waals surface area (Å²) in [5.74, 6) is -0.208. The van der Waals surface area contributed by atoms with E-state index in [0.717, 1.165) is 0 Å². The van der Waals surface area contributed by atoms with Crippen LogP contribution in [0.5, 0.6) is 5.75 Å². The Kier molecular flexibility index (Phi) is 4.36. The van der Waals surface area contributed by atoms with Crippen LogP contribution in [0.2, 0.25) is 0 Å². The molecule has 0 fully saturated rings. The molecular weight excluding hydrogens is 139 g/mol. The van der Waals surface area contributed by atoms with Gasteiger partial charge in [-0.25, -0.2) is 0 Å². The molecule has 1 rings (SSSR count). The van der Waals surface area contributed by atoms with Crippen LogP contribution in [0.15, 0.2) is 35.1 Å². The van der Waals surface area contributed by atoms with Crippen LogP contribution in [0.1, 0.15) is 0 Å². The Morgan fingerprint density at radius 2 is 1.70 bits per heavy atom. The second-order valence-electron chi connectivity index (χ2n) is 1.66. The number of rotatable bonds is 0. The zero-order valence-corrected chi connectivity index (χ0v) is 7.74. The van der Waals surface area contributed by atoms with Crippen LogP contribution >= 0.6 is 0 Å². The zero-order valence-electron chi connectivity index (χ0n) is 5.74. The van der Waals surface area contributed by atoms with Crippen LogP contribution in [0.4, 0.5) is 0 Å². The van der Waals surface area contributed by atoms with Crippen LogP contribution in [0.3, 0.4) is 0 Å². The quantitative estimate of drug-likeness (QED) is 0.419. The van der Waals surface area contributed by atoms with E-state index in [1.807, 2.05) is 0 Å². The molecule has 0 bridgehead atoms. The molecule has 0 atom stereocenters. The van der Waals surface area contributed by atoms with E-state index < -0.39 is 0 Å². The van der Waals surface area contributed by atoms with E-state index in [4.69, 9.17) is 5.11 Å². The molecule has 0 aliphatic rings. The molecule has 0 saturated heterocycles. The molecule has 10 heavy (non-hydrogen) atoms. The minimum Gasteiger partial charge on any atom is -0.504 e. The number of hydrogen-bond acceptors (Lipinski definition) is 2. The first kappa shape index (κ1) is 9.69. The summed E-state index contributed by atoms with van der Waals surface area (Å²) < 4.78 is 0. The van der Waals surface area contributed by atoms with Crippen LogP contribution < -0.4 is 35.0 Å². The van der Waals surface area contributed by atoms with E-state index in [9.17, 15) is 4.79 Å². The van der Waals surface area contributed by atoms with E-state index in [2.05, 4.69) is 0 Å². The normalized spacial score (nSPS) is 8.00. The van der Waals surface area contributed by atoms with Gasteiger partial charge in [0.2, 0.25) is 5.43 Å². The Labute approximate surface area is 80.8 Å². The standard InChI is InChI=1S/C7H6O2.Na/c8-6-4-2-1-3-5-7(6)9;/h1-5H,(H,8,9);/q;+1. The van der Waals surface area contributed by atoms with Crippen LogP contribution in [-0.2, 0) is 0 Å². The monoisotopic (exact) mass is 145 g/mol. The van der Waals surface area contributed by atoms with Gasteiger partial charge >= 0.3 is 29.6 Å². The number of hydrogen-bond donors (Lipinski definition) is 1. The fraction of sp³-hybridized carbons (Fsp3) is 0. The molecule has 1 N–H and O–H groups in total. The van der Waals surface area contributed by atoms with E-state index in [0.29, 0.717) is 0 Å². The first-order valence-corrected chi connectivity index (χ1v) is 2.59. The summed E-state index contributed by atoms with van der Waals surface area (Å²) in [5.41, 5.74) is -0.347. The first-order valence-electron chi connectivity index (χ1n) is 2.59. The predicted molar refractivity (Wildman–Crippen MR) is 34.4 cm³/mol. The van der Waals surface area contributed by atoms with Gasteiger partial charge in [0.1, 0.15) is 0 Å². The summed E-state index contributed by atoms with van der Waals surface area (Å²) in [6.07, 6.45) is 0. The van der Waals surface area contributed by atoms with Gasteiger partial charge < -0.3 is 5.11 Å². The Balaban J connectivity index is 0.000000810. The van der Waals surface area contributed by atoms with E-state index in [1.165, 1.54) is 12.1 Å². The van der Waals surface area contributed by atoms with Gasteiger partial charge in [-0.3, -0.25) is 4.79 Å². The summed E-state index contributed by atoms with van der Waals surface area (Å²) in [6, 6.07) is 7.55. The summed E-state index contributed by atoms with van der Waals surface area (Å²) in [7, 11) is 0. The van der Waals surface area contributed by atoms with E-state index in [1.54, 1.807) is 18.2 Å². The van der Waals surface area contributed by atoms with Gasteiger partial charge in [-0.15, -0.1) is 0 Å². The minimum absolute atomic E-state index is 0. The SMILES string of the molecule is O=c1cccccc1O.[Na+]. The molecule has 0 aromatic heterocycles. The van der Waals surface area contributed by atoms with Gasteiger partial charge in [-0.2, -0.15) is 0 Å². The molecule has 2 nitrogen and oxygen atoms in total. The van der Waals surface area contributed by atoms with Crippen LogP contribution in [0, 0.1) is 0 Å². The van der Waals surface area contributed by atoms with Gasteiger partial charge in [0.25, 0.3) is 0 Å². The van der Waals surface area contributed by atoms with Crippen molar-refractivity contribution in [2.24, 2.45) is 0 Å². The van der Waals surface area contributed by atoms with Crippen molar-refractivity contribution in [3.8, 4) is 5.75 Å². The fourth-order valence-corrected chi connectivity index (χ4v) is 0.521. The molecule has 0 heterocycles. The molecule has 1 aromatic carbocycles. The second kappa shape index (κ2) is 4.50. The Hall–Kier alpha value is -0.310. The molecule has 3 heteroatoms. The second-order valence-corrected chi connectivity index (χ2v) is 1.66. The van der Waals surface area contributed by atoms with Gasteiger partial charge in [-0.1, -0.05) is 18.2 Å². The van der Waals surface area contributed by atoms with Crippen molar-refractivity contribution in [1.82, 2.24) is 0 Å². The predicted octanol–water partition coefficient (Wildman–Crippen LogP) is -2.24. The van der Waals surface area contributed by atoms with Crippen molar-refractivity contribution in [1.29, 1.82) is 0 Å². The van der Waals surface area contributed by atoms with E-state index in [-0.39, 0.29) is 40.7 Å². The Morgan fingerprint density at radius 1 is 1.10 bits per heavy atom. The first-order chi connectivity index (χ1) is 4.30. The van der Waals surface area contributed by atoms with Crippen LogP contribution in [0.25, 0.3) is 0 Å². The summed E-state index contributed by atoms with van der Waals surface area (Å²) in [6.45, 7) is 0. The van der Waals surface area contributed by atoms with Crippen molar-refractivity contribution in [3.05, 3.63) is 40.6 Å². The molecule has 0 unspecified atom stereocenters. The fourth-order valence-electron chi connectivity index (χ4n) is 0.521. The third kappa shape index (κ3) is 2.52. The molecule has 46 valence electrons. The molecule has 1 aromatic rings. The summed E-state index contributed by atoms with van der Waals surface area (Å²) >= 11 is 0. The van der Waals surface area contributed by atoms with Gasteiger partial charge in [0.15, 0.2) is 5.75 Å². The Morgan fingerprint density at radius 3 is 2.40 bits per heavy atom. The van der Waals surface area contributed by atoms with Gasteiger partial charge in [-0.05, 0) is 12.1 Å². The molecule has 0 saturated carbocycles. The molecule has 0 aliphatic carbocycles. The number of aromatic hydroxyl groups is 1. The largest absolute Gasteiger partial charge is 1.00 e. The molecule has 0 spiro atoms. The molecular formula is C7H6NaO2+. The maximum Gasteiger partial charge on any atom is 1.00 e. The van der Waals surface area contributed by atoms with Crippen LogP contribution in [-0.4, -0.2) is 5.11 Å². The average Bonchev–Trinajstić information content (AvgIpc) is 1.99. The van der Waals surface area contributed by atoms with Crippen molar-refractivity contribution in [2.45, 2.75) is 0 Å². The third-order valence-electron chi connectivity index (χ3n) is 0.976.